The molecule has 2 heterocycles. The summed E-state index contributed by atoms with van der Waals surface area (Å²) in [6.45, 7) is 4.26. The lowest BCUT2D eigenvalue weighted by Crippen LogP contribution is -2.36. The molecule has 50 heavy (non-hydrogen) atoms. The van der Waals surface area contributed by atoms with Crippen molar-refractivity contribution in [2.24, 2.45) is 0 Å². The van der Waals surface area contributed by atoms with Crippen LogP contribution in [0.1, 0.15) is 80.1 Å². The summed E-state index contributed by atoms with van der Waals surface area (Å²) in [6, 6.07) is 7.48. The zero-order valence-electron chi connectivity index (χ0n) is 28.8. The molecule has 0 spiro atoms. The molecule has 0 saturated carbocycles. The van der Waals surface area contributed by atoms with Crippen molar-refractivity contribution < 1.29 is 42.1 Å². The first-order valence-corrected chi connectivity index (χ1v) is 18.9. The van der Waals surface area contributed by atoms with Gasteiger partial charge in [-0.05, 0) is 62.1 Å². The minimum atomic E-state index is -2.95. The lowest BCUT2D eigenvalue weighted by atomic mass is 10.0. The number of nitrogens with one attached hydrogen (secondary N) is 4. The number of carbonyl (C=O) groups is 3. The van der Waals surface area contributed by atoms with E-state index in [2.05, 4.69) is 27.2 Å². The Balaban J connectivity index is 0.880. The second-order valence-corrected chi connectivity index (χ2v) is 14.0. The maximum Gasteiger partial charge on any atom is 0.315 e. The zero-order chi connectivity index (χ0) is 35.4. The third-order valence-electron chi connectivity index (χ3n) is 8.71. The van der Waals surface area contributed by atoms with Gasteiger partial charge in [0, 0.05) is 62.1 Å². The summed E-state index contributed by atoms with van der Waals surface area (Å²) < 4.78 is 49.6. The third-order valence-corrected chi connectivity index (χ3v) is 10.2. The molecular formula is C36H52F2N4O7S. The number of amides is 4. The summed E-state index contributed by atoms with van der Waals surface area (Å²) in [5.74, 6) is 2.45. The van der Waals surface area contributed by atoms with Crippen LogP contribution in [-0.2, 0) is 30.3 Å². The number of rotatable bonds is 23. The molecule has 4 atom stereocenters. The fraction of sp³-hybridized carbons (Fsp3) is 0.694. The topological polar surface area (TPSA) is 136 Å². The summed E-state index contributed by atoms with van der Waals surface area (Å²) in [5.41, 5.74) is 1.41. The summed E-state index contributed by atoms with van der Waals surface area (Å²) in [5, 5.41) is 12.2. The number of thioether (sulfide) groups is 1. The quantitative estimate of drug-likeness (QED) is 0.0751. The largest absolute Gasteiger partial charge is 0.379 e. The number of fused-ring (bicyclic) bond motifs is 1. The molecule has 2 saturated heterocycles. The van der Waals surface area contributed by atoms with Gasteiger partial charge >= 0.3 is 12.0 Å². The predicted octanol–water partition coefficient (Wildman–Crippen LogP) is 4.19. The number of benzene rings is 1. The molecular weight excluding hydrogens is 670 g/mol. The van der Waals surface area contributed by atoms with Gasteiger partial charge in [0.1, 0.15) is 0 Å². The van der Waals surface area contributed by atoms with Crippen LogP contribution >= 0.6 is 11.8 Å². The molecule has 1 aromatic carbocycles. The van der Waals surface area contributed by atoms with Crippen molar-refractivity contribution in [3.8, 4) is 11.8 Å². The molecule has 11 nitrogen and oxygen atoms in total. The molecule has 1 aliphatic carbocycles. The summed E-state index contributed by atoms with van der Waals surface area (Å²) in [6.07, 6.45) is 5.50. The normalized spacial score (nSPS) is 22.3. The zero-order valence-corrected chi connectivity index (χ0v) is 29.6. The Morgan fingerprint density at radius 1 is 0.900 bits per heavy atom. The molecule has 0 bridgehead atoms. The highest BCUT2D eigenvalue weighted by Gasteiger charge is 2.42. The molecule has 1 unspecified atom stereocenters. The Morgan fingerprint density at radius 2 is 1.60 bits per heavy atom. The van der Waals surface area contributed by atoms with Crippen molar-refractivity contribution in [1.29, 1.82) is 0 Å². The molecule has 278 valence electrons. The second-order valence-electron chi connectivity index (χ2n) is 12.7. The van der Waals surface area contributed by atoms with Crippen molar-refractivity contribution in [1.82, 2.24) is 21.3 Å². The number of unbranched alkanes of at least 4 members (excludes halogenated alkanes) is 1. The molecule has 4 amide bonds. The van der Waals surface area contributed by atoms with E-state index in [1.807, 2.05) is 29.8 Å². The first-order valence-electron chi connectivity index (χ1n) is 17.8. The molecule has 1 aromatic rings. The number of hydrogen-bond acceptors (Lipinski definition) is 8. The van der Waals surface area contributed by atoms with Crippen LogP contribution in [0.3, 0.4) is 0 Å². The fourth-order valence-corrected chi connectivity index (χ4v) is 7.44. The Morgan fingerprint density at radius 3 is 2.34 bits per heavy atom. The fourth-order valence-electron chi connectivity index (χ4n) is 5.89. The number of ether oxygens (including phenoxy) is 4. The van der Waals surface area contributed by atoms with Crippen LogP contribution in [0.15, 0.2) is 24.3 Å². The van der Waals surface area contributed by atoms with E-state index in [0.29, 0.717) is 95.8 Å². The van der Waals surface area contributed by atoms with E-state index < -0.39 is 5.92 Å². The number of halogens is 2. The summed E-state index contributed by atoms with van der Waals surface area (Å²) in [4.78, 5) is 36.0. The number of hydrogen-bond donors (Lipinski definition) is 4. The average molecular weight is 723 g/mol. The first kappa shape index (κ1) is 39.8. The molecule has 4 N–H and O–H groups in total. The second kappa shape index (κ2) is 22.1. The van der Waals surface area contributed by atoms with Crippen LogP contribution in [0, 0.1) is 11.8 Å². The van der Waals surface area contributed by atoms with E-state index >= 15 is 0 Å². The SMILES string of the molecule is O=C(CCCC[C@@H]1SC[C@@H]2NC(=O)N[C@@H]21)NCCCOCCOCCOCCCNC(=O)c1ccc(COC2CCC#CC(F)(F)CC2)cc1. The van der Waals surface area contributed by atoms with Gasteiger partial charge in [0.15, 0.2) is 0 Å². The van der Waals surface area contributed by atoms with Gasteiger partial charge in [0.05, 0.1) is 51.2 Å². The van der Waals surface area contributed by atoms with Gasteiger partial charge in [-0.2, -0.15) is 20.5 Å². The number of alkyl halides is 2. The maximum atomic E-state index is 13.5. The van der Waals surface area contributed by atoms with E-state index in [9.17, 15) is 23.2 Å². The van der Waals surface area contributed by atoms with Crippen LogP contribution in [0.25, 0.3) is 0 Å². The predicted molar refractivity (Wildman–Crippen MR) is 187 cm³/mol. The van der Waals surface area contributed by atoms with Crippen molar-refractivity contribution in [2.45, 2.75) is 100 Å². The molecule has 3 aliphatic rings. The van der Waals surface area contributed by atoms with Gasteiger partial charge in [-0.25, -0.2) is 4.79 Å². The maximum absolute atomic E-state index is 13.5. The third kappa shape index (κ3) is 15.1. The van der Waals surface area contributed by atoms with Gasteiger partial charge in [0.25, 0.3) is 5.91 Å². The molecule has 2 aliphatic heterocycles. The van der Waals surface area contributed by atoms with E-state index in [1.54, 1.807) is 12.1 Å². The molecule has 4 rings (SSSR count). The van der Waals surface area contributed by atoms with Gasteiger partial charge in [-0.3, -0.25) is 9.59 Å². The molecule has 14 heteroatoms. The van der Waals surface area contributed by atoms with Gasteiger partial charge in [-0.15, -0.1) is 0 Å². The minimum Gasteiger partial charge on any atom is -0.379 e. The molecule has 0 aromatic heterocycles. The Labute approximate surface area is 298 Å². The van der Waals surface area contributed by atoms with Crippen molar-refractivity contribution in [2.75, 3.05) is 58.5 Å². The summed E-state index contributed by atoms with van der Waals surface area (Å²) >= 11 is 1.90. The highest BCUT2D eigenvalue weighted by molar-refractivity contribution is 8.00. The van der Waals surface area contributed by atoms with Crippen molar-refractivity contribution in [3.05, 3.63) is 35.4 Å². The van der Waals surface area contributed by atoms with E-state index in [0.717, 1.165) is 37.0 Å². The first-order chi connectivity index (χ1) is 24.3. The molecule has 0 radical (unpaired) electrons. The smallest absolute Gasteiger partial charge is 0.315 e. The molecule has 2 fully saturated rings. The number of carbonyl (C=O) groups excluding carboxylic acids is 3. The average Bonchev–Trinajstić information content (AvgIpc) is 3.65. The van der Waals surface area contributed by atoms with Crippen LogP contribution in [-0.4, -0.2) is 106 Å². The lowest BCUT2D eigenvalue weighted by molar-refractivity contribution is -0.121. The number of urea groups is 1. The van der Waals surface area contributed by atoms with E-state index in [1.165, 1.54) is 0 Å². The van der Waals surface area contributed by atoms with Crippen LogP contribution < -0.4 is 21.3 Å². The van der Waals surface area contributed by atoms with Crippen molar-refractivity contribution >= 4 is 29.6 Å². The lowest BCUT2D eigenvalue weighted by Gasteiger charge is -2.20. The van der Waals surface area contributed by atoms with Crippen molar-refractivity contribution in [3.63, 3.8) is 0 Å². The summed E-state index contributed by atoms with van der Waals surface area (Å²) in [7, 11) is 0. The van der Waals surface area contributed by atoms with Crippen LogP contribution in [0.5, 0.6) is 0 Å². The van der Waals surface area contributed by atoms with Gasteiger partial charge < -0.3 is 40.2 Å². The Kier molecular flexibility index (Phi) is 17.6. The van der Waals surface area contributed by atoms with Gasteiger partial charge in [0.2, 0.25) is 5.91 Å². The highest BCUT2D eigenvalue weighted by Crippen LogP contribution is 2.33. The Bertz CT molecular complexity index is 1260. The van der Waals surface area contributed by atoms with Gasteiger partial charge in [-0.1, -0.05) is 24.5 Å². The Hall–Kier alpha value is -2.96. The standard InChI is InChI=1S/C36H52F2N4O7S/c37-36(38)15-4-3-7-29(14-16-36)49-25-27-10-12-28(13-11-27)34(44)40-18-6-20-47-22-24-48-23-21-46-19-5-17-39-32(43)9-2-1-8-31-33-30(26-50-31)41-35(45)42-33/h10-13,29-31,33H,1-3,5-9,14,16-26H2,(H,39,43)(H,40,44)(H2,41,42,45)/t29?,30-,31-,33-/m0/s1. The van der Waals surface area contributed by atoms with E-state index in [-0.39, 0.29) is 48.9 Å². The van der Waals surface area contributed by atoms with Crippen LogP contribution in [0.4, 0.5) is 13.6 Å². The van der Waals surface area contributed by atoms with E-state index in [4.69, 9.17) is 18.9 Å². The minimum absolute atomic E-state index is 0.0645. The highest BCUT2D eigenvalue weighted by atomic mass is 32.2. The van der Waals surface area contributed by atoms with Crippen LogP contribution in [0.2, 0.25) is 0 Å². The monoisotopic (exact) mass is 722 g/mol.